The van der Waals surface area contributed by atoms with Crippen molar-refractivity contribution in [2.45, 2.75) is 13.8 Å². The number of anilines is 1. The normalized spacial score (nSPS) is 10.7. The van der Waals surface area contributed by atoms with Gasteiger partial charge in [0.25, 0.3) is 5.91 Å². The van der Waals surface area contributed by atoms with Gasteiger partial charge < -0.3 is 9.30 Å². The molecule has 0 aromatic carbocycles. The van der Waals surface area contributed by atoms with Crippen LogP contribution >= 0.6 is 11.3 Å². The monoisotopic (exact) mass is 359 g/mol. The van der Waals surface area contributed by atoms with Crippen LogP contribution in [0.5, 0.6) is 0 Å². The summed E-state index contributed by atoms with van der Waals surface area (Å²) in [5, 5.41) is 7.22. The Morgan fingerprint density at radius 3 is 2.72 bits per heavy atom. The number of amides is 1. The third-order valence-electron chi connectivity index (χ3n) is 3.48. The minimum atomic E-state index is -0.438. The van der Waals surface area contributed by atoms with E-state index in [1.165, 1.54) is 6.20 Å². The molecule has 3 heterocycles. The third kappa shape index (κ3) is 3.31. The molecule has 1 amide bonds. The molecule has 0 saturated carbocycles. The Morgan fingerprint density at radius 2 is 2.04 bits per heavy atom. The lowest BCUT2D eigenvalue weighted by molar-refractivity contribution is 0.0531. The van der Waals surface area contributed by atoms with Crippen LogP contribution in [-0.2, 0) is 11.8 Å². The van der Waals surface area contributed by atoms with Crippen LogP contribution in [-0.4, -0.2) is 37.8 Å². The number of ether oxygens (including phenoxy) is 1. The molecule has 3 rings (SSSR count). The summed E-state index contributed by atoms with van der Waals surface area (Å²) in [6, 6.07) is 3.73. The Balaban J connectivity index is 1.85. The summed E-state index contributed by atoms with van der Waals surface area (Å²) >= 11 is 1.09. The average Bonchev–Trinajstić information content (AvgIpc) is 3.27. The molecule has 3 aromatic heterocycles. The number of carbonyl (C=O) groups excluding carboxylic acids is 2. The molecule has 0 aliphatic heterocycles. The van der Waals surface area contributed by atoms with E-state index >= 15 is 0 Å². The van der Waals surface area contributed by atoms with E-state index in [0.717, 1.165) is 11.3 Å². The molecule has 0 atom stereocenters. The van der Waals surface area contributed by atoms with Crippen LogP contribution in [0.3, 0.4) is 0 Å². The number of thiazole rings is 1. The van der Waals surface area contributed by atoms with Gasteiger partial charge in [0.05, 0.1) is 18.5 Å². The predicted molar refractivity (Wildman–Crippen MR) is 93.3 cm³/mol. The summed E-state index contributed by atoms with van der Waals surface area (Å²) in [7, 11) is 1.76. The van der Waals surface area contributed by atoms with Crippen molar-refractivity contribution in [3.05, 3.63) is 46.9 Å². The third-order valence-corrected chi connectivity index (χ3v) is 4.53. The molecule has 0 aliphatic rings. The van der Waals surface area contributed by atoms with Gasteiger partial charge in [0.2, 0.25) is 0 Å². The number of nitrogens with one attached hydrogen (secondary N) is 1. The standard InChI is InChI=1S/C16H17N5O3S/c1-4-24-15(23)12-10(2)18-16(25-12)19-13(22)11-9-17-20(3)14(11)21-7-5-6-8-21/h5-9H,4H2,1-3H3,(H,18,19,22). The lowest BCUT2D eigenvalue weighted by Gasteiger charge is -2.07. The first-order chi connectivity index (χ1) is 12.0. The summed E-state index contributed by atoms with van der Waals surface area (Å²) in [5.41, 5.74) is 0.930. The van der Waals surface area contributed by atoms with Gasteiger partial charge in [-0.25, -0.2) is 9.78 Å². The van der Waals surface area contributed by atoms with Gasteiger partial charge in [-0.1, -0.05) is 11.3 Å². The van der Waals surface area contributed by atoms with Gasteiger partial charge in [0, 0.05) is 19.4 Å². The Hall–Kier alpha value is -2.94. The van der Waals surface area contributed by atoms with E-state index in [4.69, 9.17) is 4.74 Å². The Labute approximate surface area is 148 Å². The summed E-state index contributed by atoms with van der Waals surface area (Å²) in [6.07, 6.45) is 5.16. The fourth-order valence-corrected chi connectivity index (χ4v) is 3.23. The van der Waals surface area contributed by atoms with Crippen molar-refractivity contribution in [3.63, 3.8) is 0 Å². The van der Waals surface area contributed by atoms with Crippen molar-refractivity contribution < 1.29 is 14.3 Å². The quantitative estimate of drug-likeness (QED) is 0.707. The van der Waals surface area contributed by atoms with Crippen molar-refractivity contribution in [1.82, 2.24) is 19.3 Å². The van der Waals surface area contributed by atoms with Gasteiger partial charge in [0.15, 0.2) is 5.13 Å². The van der Waals surface area contributed by atoms with Crippen LogP contribution < -0.4 is 5.32 Å². The van der Waals surface area contributed by atoms with Gasteiger partial charge in [-0.3, -0.25) is 14.8 Å². The second-order valence-electron chi connectivity index (χ2n) is 5.20. The van der Waals surface area contributed by atoms with E-state index in [9.17, 15) is 9.59 Å². The zero-order valence-electron chi connectivity index (χ0n) is 14.0. The van der Waals surface area contributed by atoms with Crippen molar-refractivity contribution in [1.29, 1.82) is 0 Å². The van der Waals surface area contributed by atoms with Gasteiger partial charge in [0.1, 0.15) is 16.3 Å². The maximum atomic E-state index is 12.6. The highest BCUT2D eigenvalue weighted by Crippen LogP contribution is 2.24. The summed E-state index contributed by atoms with van der Waals surface area (Å²) in [4.78, 5) is 29.1. The molecular weight excluding hydrogens is 342 g/mol. The number of aromatic nitrogens is 4. The largest absolute Gasteiger partial charge is 0.462 e. The van der Waals surface area contributed by atoms with Crippen LogP contribution in [0, 0.1) is 6.92 Å². The smallest absolute Gasteiger partial charge is 0.350 e. The predicted octanol–water partition coefficient (Wildman–Crippen LogP) is 2.40. The molecule has 0 bridgehead atoms. The average molecular weight is 359 g/mol. The highest BCUT2D eigenvalue weighted by atomic mass is 32.1. The summed E-state index contributed by atoms with van der Waals surface area (Å²) < 4.78 is 8.41. The van der Waals surface area contributed by atoms with E-state index in [1.54, 1.807) is 30.1 Å². The van der Waals surface area contributed by atoms with Crippen LogP contribution in [0.4, 0.5) is 5.13 Å². The molecule has 0 spiro atoms. The number of aryl methyl sites for hydroxylation is 2. The SMILES string of the molecule is CCOC(=O)c1sc(NC(=O)c2cnn(C)c2-n2cccc2)nc1C. The lowest BCUT2D eigenvalue weighted by Crippen LogP contribution is -2.14. The van der Waals surface area contributed by atoms with Gasteiger partial charge in [-0.15, -0.1) is 0 Å². The first-order valence-corrected chi connectivity index (χ1v) is 8.44. The summed E-state index contributed by atoms with van der Waals surface area (Å²) in [6.45, 7) is 3.73. The van der Waals surface area contributed by atoms with E-state index in [1.807, 2.05) is 24.5 Å². The zero-order valence-corrected chi connectivity index (χ0v) is 14.8. The highest BCUT2D eigenvalue weighted by Gasteiger charge is 2.21. The van der Waals surface area contributed by atoms with E-state index in [2.05, 4.69) is 15.4 Å². The molecule has 130 valence electrons. The summed E-state index contributed by atoms with van der Waals surface area (Å²) in [5.74, 6) is -0.144. The Morgan fingerprint density at radius 1 is 1.32 bits per heavy atom. The van der Waals surface area contributed by atoms with Gasteiger partial charge >= 0.3 is 5.97 Å². The second kappa shape index (κ2) is 6.89. The van der Waals surface area contributed by atoms with Crippen LogP contribution in [0.1, 0.15) is 32.6 Å². The van der Waals surface area contributed by atoms with Crippen molar-refractivity contribution in [2.24, 2.45) is 7.05 Å². The number of hydrogen-bond acceptors (Lipinski definition) is 6. The Bertz CT molecular complexity index is 911. The van der Waals surface area contributed by atoms with Crippen LogP contribution in [0.25, 0.3) is 5.82 Å². The number of esters is 1. The molecular formula is C16H17N5O3S. The molecule has 0 unspecified atom stereocenters. The lowest BCUT2D eigenvalue weighted by atomic mass is 10.3. The molecule has 0 fully saturated rings. The van der Waals surface area contributed by atoms with Crippen LogP contribution in [0.2, 0.25) is 0 Å². The fourth-order valence-electron chi connectivity index (χ4n) is 2.37. The van der Waals surface area contributed by atoms with Crippen molar-refractivity contribution >= 4 is 28.3 Å². The van der Waals surface area contributed by atoms with E-state index in [-0.39, 0.29) is 12.5 Å². The van der Waals surface area contributed by atoms with Crippen LogP contribution in [0.15, 0.2) is 30.7 Å². The number of hydrogen-bond donors (Lipinski definition) is 1. The van der Waals surface area contributed by atoms with Crippen molar-refractivity contribution in [3.8, 4) is 5.82 Å². The molecule has 25 heavy (non-hydrogen) atoms. The second-order valence-corrected chi connectivity index (χ2v) is 6.20. The van der Waals surface area contributed by atoms with E-state index in [0.29, 0.717) is 27.1 Å². The number of rotatable bonds is 5. The molecule has 9 heteroatoms. The molecule has 0 saturated heterocycles. The van der Waals surface area contributed by atoms with E-state index < -0.39 is 5.97 Å². The molecule has 1 N–H and O–H groups in total. The zero-order chi connectivity index (χ0) is 18.0. The minimum absolute atomic E-state index is 0.285. The first-order valence-electron chi connectivity index (χ1n) is 7.62. The Kier molecular flexibility index (Phi) is 4.66. The minimum Gasteiger partial charge on any atom is -0.462 e. The van der Waals surface area contributed by atoms with Gasteiger partial charge in [-0.05, 0) is 26.0 Å². The number of nitrogens with zero attached hydrogens (tertiary/aromatic N) is 4. The molecule has 8 nitrogen and oxygen atoms in total. The number of carbonyl (C=O) groups is 2. The molecule has 0 radical (unpaired) electrons. The van der Waals surface area contributed by atoms with Gasteiger partial charge in [-0.2, -0.15) is 5.10 Å². The first kappa shape index (κ1) is 16.9. The fraction of sp³-hybridized carbons (Fsp3) is 0.250. The highest BCUT2D eigenvalue weighted by molar-refractivity contribution is 7.17. The van der Waals surface area contributed by atoms with Crippen molar-refractivity contribution in [2.75, 3.05) is 11.9 Å². The molecule has 3 aromatic rings. The maximum absolute atomic E-state index is 12.6. The topological polar surface area (TPSA) is 91.0 Å². The molecule has 0 aliphatic carbocycles. The maximum Gasteiger partial charge on any atom is 0.350 e.